The molecule has 1 aromatic carbocycles. The molecule has 0 spiro atoms. The molecule has 2 N–H and O–H groups in total. The maximum absolute atomic E-state index is 14.9. The largest absolute Gasteiger partial charge is 0.498 e. The quantitative estimate of drug-likeness (QED) is 0.262. The lowest BCUT2D eigenvalue weighted by Gasteiger charge is -2.32. The Hall–Kier alpha value is -3.23. The molecule has 2 atom stereocenters. The molecule has 2 aromatic heterocycles. The van der Waals surface area contributed by atoms with Gasteiger partial charge in [-0.05, 0) is 52.3 Å². The molecular weight excluding hydrogens is 562 g/mol. The number of benzene rings is 1. The van der Waals surface area contributed by atoms with Gasteiger partial charge < -0.3 is 29.1 Å². The van der Waals surface area contributed by atoms with E-state index in [0.29, 0.717) is 28.9 Å². The highest BCUT2D eigenvalue weighted by Gasteiger charge is 2.52. The Bertz CT molecular complexity index is 1410. The minimum atomic E-state index is -4.62. The number of fused-ring (bicyclic) bond motifs is 1. The highest BCUT2D eigenvalue weighted by Crippen LogP contribution is 2.36. The average Bonchev–Trinajstić information content (AvgIpc) is 3.43. The van der Waals surface area contributed by atoms with Crippen molar-refractivity contribution in [2.75, 3.05) is 19.0 Å². The lowest BCUT2D eigenvalue weighted by Crippen LogP contribution is -2.41. The van der Waals surface area contributed by atoms with Crippen LogP contribution in [0.25, 0.3) is 5.65 Å². The van der Waals surface area contributed by atoms with Crippen LogP contribution in [0.1, 0.15) is 57.1 Å². The van der Waals surface area contributed by atoms with E-state index in [9.17, 15) is 26.7 Å². The summed E-state index contributed by atoms with van der Waals surface area (Å²) in [6.07, 6.45) is -1.42. The summed E-state index contributed by atoms with van der Waals surface area (Å²) in [5.74, 6) is -3.67. The standard InChI is InChI=1S/C28H34BF5N4O4/c1-7-22(28(32,33)34)36-16-13-20(30)23(21(31)14-16)25(39)37-17(15-40-6)12-18-8-9-19(24-35-10-11-38(18)24)29-41-26(2,3)27(4,5)42-29/h8-11,13-14,17,22,36H,7,12,15H2,1-6H3,(H,37,39)/t17-,22+/m0/s1. The second-order valence-corrected chi connectivity index (χ2v) is 11.3. The Labute approximate surface area is 241 Å². The van der Waals surface area contributed by atoms with Crippen molar-refractivity contribution in [2.45, 2.75) is 76.9 Å². The summed E-state index contributed by atoms with van der Waals surface area (Å²) in [6.45, 7) is 9.08. The number of carbonyl (C=O) groups is 1. The molecule has 1 fully saturated rings. The predicted molar refractivity (Wildman–Crippen MR) is 148 cm³/mol. The molecule has 1 aliphatic rings. The first-order valence-electron chi connectivity index (χ1n) is 13.5. The number of nitrogens with zero attached hydrogens (tertiary/aromatic N) is 2. The first-order chi connectivity index (χ1) is 19.6. The fourth-order valence-corrected chi connectivity index (χ4v) is 4.76. The summed E-state index contributed by atoms with van der Waals surface area (Å²) in [4.78, 5) is 17.4. The molecule has 0 radical (unpaired) electrons. The van der Waals surface area contributed by atoms with Gasteiger partial charge >= 0.3 is 13.3 Å². The number of amides is 1. The molecule has 228 valence electrons. The average molecular weight is 596 g/mol. The van der Waals surface area contributed by atoms with Crippen molar-refractivity contribution in [1.29, 1.82) is 0 Å². The number of anilines is 1. The SMILES string of the molecule is CC[C@@H](Nc1cc(F)c(C(=O)N[C@H](COC)Cc2ccc(B3OC(C)(C)C(C)(C)O3)c3nccn23)c(F)c1)C(F)(F)F. The lowest BCUT2D eigenvalue weighted by molar-refractivity contribution is -0.142. The maximum atomic E-state index is 14.9. The van der Waals surface area contributed by atoms with Gasteiger partial charge in [0.1, 0.15) is 28.9 Å². The number of alkyl halides is 3. The topological polar surface area (TPSA) is 86.1 Å². The Kier molecular flexibility index (Phi) is 8.91. The summed E-state index contributed by atoms with van der Waals surface area (Å²) in [5, 5.41) is 4.66. The Morgan fingerprint density at radius 2 is 1.74 bits per heavy atom. The molecule has 0 saturated carbocycles. The van der Waals surface area contributed by atoms with Gasteiger partial charge in [-0.2, -0.15) is 13.2 Å². The zero-order chi connectivity index (χ0) is 31.0. The first kappa shape index (κ1) is 31.7. The van der Waals surface area contributed by atoms with Gasteiger partial charge in [-0.25, -0.2) is 13.8 Å². The normalized spacial score (nSPS) is 17.8. The monoisotopic (exact) mass is 596 g/mol. The highest BCUT2D eigenvalue weighted by molar-refractivity contribution is 6.64. The van der Waals surface area contributed by atoms with Crippen LogP contribution in [0, 0.1) is 11.6 Å². The highest BCUT2D eigenvalue weighted by atomic mass is 19.4. The van der Waals surface area contributed by atoms with Crippen LogP contribution in [0.2, 0.25) is 0 Å². The Morgan fingerprint density at radius 3 is 2.29 bits per heavy atom. The van der Waals surface area contributed by atoms with Crippen molar-refractivity contribution >= 4 is 29.8 Å². The number of pyridine rings is 1. The van der Waals surface area contributed by atoms with Crippen molar-refractivity contribution in [2.24, 2.45) is 0 Å². The van der Waals surface area contributed by atoms with Gasteiger partial charge in [0.25, 0.3) is 5.91 Å². The molecule has 0 aliphatic carbocycles. The second kappa shape index (κ2) is 11.8. The molecule has 3 heterocycles. The van der Waals surface area contributed by atoms with Crippen LogP contribution in [0.4, 0.5) is 27.6 Å². The van der Waals surface area contributed by atoms with E-state index in [1.807, 2.05) is 44.2 Å². The fourth-order valence-electron chi connectivity index (χ4n) is 4.76. The summed E-state index contributed by atoms with van der Waals surface area (Å²) < 4.78 is 88.4. The second-order valence-electron chi connectivity index (χ2n) is 11.3. The van der Waals surface area contributed by atoms with Crippen LogP contribution < -0.4 is 16.1 Å². The predicted octanol–water partition coefficient (Wildman–Crippen LogP) is 4.65. The van der Waals surface area contributed by atoms with Gasteiger partial charge in [0.15, 0.2) is 0 Å². The van der Waals surface area contributed by atoms with Gasteiger partial charge in [-0.3, -0.25) is 4.79 Å². The molecule has 1 saturated heterocycles. The number of nitrogens with one attached hydrogen (secondary N) is 2. The number of aromatic nitrogens is 2. The minimum Gasteiger partial charge on any atom is -0.399 e. The molecule has 4 rings (SSSR count). The van der Waals surface area contributed by atoms with Gasteiger partial charge in [-0.1, -0.05) is 13.0 Å². The van der Waals surface area contributed by atoms with Gasteiger partial charge in [0, 0.05) is 42.8 Å². The van der Waals surface area contributed by atoms with E-state index in [0.717, 1.165) is 0 Å². The number of hydrogen-bond acceptors (Lipinski definition) is 6. The lowest BCUT2D eigenvalue weighted by atomic mass is 9.79. The van der Waals surface area contributed by atoms with Crippen molar-refractivity contribution in [3.8, 4) is 0 Å². The number of hydrogen-bond donors (Lipinski definition) is 2. The van der Waals surface area contributed by atoms with Crippen LogP contribution in [0.3, 0.4) is 0 Å². The van der Waals surface area contributed by atoms with Crippen LogP contribution in [0.15, 0.2) is 36.7 Å². The number of ether oxygens (including phenoxy) is 1. The molecule has 8 nitrogen and oxygen atoms in total. The maximum Gasteiger partial charge on any atom is 0.498 e. The smallest absolute Gasteiger partial charge is 0.399 e. The third kappa shape index (κ3) is 6.40. The molecule has 3 aromatic rings. The van der Waals surface area contributed by atoms with Gasteiger partial charge in [0.05, 0.1) is 23.9 Å². The number of halogens is 5. The summed E-state index contributed by atoms with van der Waals surface area (Å²) >= 11 is 0. The molecule has 0 bridgehead atoms. The van der Waals surface area contributed by atoms with Crippen molar-refractivity contribution in [3.63, 3.8) is 0 Å². The van der Waals surface area contributed by atoms with Crippen molar-refractivity contribution < 1.29 is 40.8 Å². The zero-order valence-electron chi connectivity index (χ0n) is 24.2. The van der Waals surface area contributed by atoms with E-state index in [1.165, 1.54) is 14.0 Å². The van der Waals surface area contributed by atoms with Crippen LogP contribution in [-0.4, -0.2) is 65.6 Å². The molecule has 0 unspecified atom stereocenters. The van der Waals surface area contributed by atoms with Gasteiger partial charge in [0.2, 0.25) is 0 Å². The fraction of sp³-hybridized carbons (Fsp3) is 0.500. The molecular formula is C28H34BF5N4O4. The van der Waals surface area contributed by atoms with E-state index in [2.05, 4.69) is 15.6 Å². The summed E-state index contributed by atoms with van der Waals surface area (Å²) in [6, 6.07) is 2.25. The van der Waals surface area contributed by atoms with Crippen LogP contribution in [0.5, 0.6) is 0 Å². The summed E-state index contributed by atoms with van der Waals surface area (Å²) in [5.41, 5.74) is -0.440. The first-order valence-corrected chi connectivity index (χ1v) is 13.5. The van der Waals surface area contributed by atoms with E-state index >= 15 is 0 Å². The van der Waals surface area contributed by atoms with E-state index < -0.39 is 65.4 Å². The molecule has 1 amide bonds. The number of methoxy groups -OCH3 is 1. The van der Waals surface area contributed by atoms with Gasteiger partial charge in [-0.15, -0.1) is 0 Å². The van der Waals surface area contributed by atoms with E-state index in [4.69, 9.17) is 14.0 Å². The molecule has 1 aliphatic heterocycles. The summed E-state index contributed by atoms with van der Waals surface area (Å²) in [7, 11) is 0.760. The van der Waals surface area contributed by atoms with Crippen molar-refractivity contribution in [3.05, 3.63) is 59.6 Å². The molecule has 14 heteroatoms. The minimum absolute atomic E-state index is 0.00749. The third-order valence-corrected chi connectivity index (χ3v) is 7.74. The Morgan fingerprint density at radius 1 is 1.12 bits per heavy atom. The Balaban J connectivity index is 1.54. The number of imidazole rings is 1. The van der Waals surface area contributed by atoms with E-state index in [-0.39, 0.29) is 19.4 Å². The van der Waals surface area contributed by atoms with E-state index in [1.54, 1.807) is 12.4 Å². The van der Waals surface area contributed by atoms with Crippen LogP contribution >= 0.6 is 0 Å². The number of rotatable bonds is 10. The third-order valence-electron chi connectivity index (χ3n) is 7.74. The molecule has 42 heavy (non-hydrogen) atoms. The van der Waals surface area contributed by atoms with Crippen molar-refractivity contribution in [1.82, 2.24) is 14.7 Å². The zero-order valence-corrected chi connectivity index (χ0v) is 24.2. The number of carbonyl (C=O) groups excluding carboxylic acids is 1. The van der Waals surface area contributed by atoms with Crippen LogP contribution in [-0.2, 0) is 20.5 Å².